The van der Waals surface area contributed by atoms with Gasteiger partial charge in [0.05, 0.1) is 20.0 Å². The summed E-state index contributed by atoms with van der Waals surface area (Å²) in [6, 6.07) is 26.0. The first-order valence-corrected chi connectivity index (χ1v) is 10.2. The van der Waals surface area contributed by atoms with Crippen molar-refractivity contribution in [2.45, 2.75) is 12.5 Å². The van der Waals surface area contributed by atoms with Gasteiger partial charge in [-0.3, -0.25) is 0 Å². The average Bonchev–Trinajstić information content (AvgIpc) is 3.25. The van der Waals surface area contributed by atoms with Crippen molar-refractivity contribution in [2.75, 3.05) is 20.3 Å². The van der Waals surface area contributed by atoms with Gasteiger partial charge in [0.15, 0.2) is 17.9 Å². The van der Waals surface area contributed by atoms with Crippen LogP contribution >= 0.6 is 0 Å². The van der Waals surface area contributed by atoms with Crippen LogP contribution in [0.15, 0.2) is 89.5 Å². The first kappa shape index (κ1) is 20.7. The molecule has 4 rings (SSSR count). The Hall–Kier alpha value is -3.57. The number of ether oxygens (including phenoxy) is 3. The minimum absolute atomic E-state index is 0.139. The molecule has 0 aliphatic rings. The number of esters is 1. The maximum atomic E-state index is 11.4. The second kappa shape index (κ2) is 9.96. The summed E-state index contributed by atoms with van der Waals surface area (Å²) in [6.45, 7) is 0.362. The standard InChI is InChI=1S/C26H24O5/c1-28-24(27)18-30-23-14-8-13-22-21(17-31-26(22)23)15-16-29-25(19-9-4-2-5-10-19)20-11-6-3-7-12-20/h2-14,17,25H,15-16,18H2,1H3. The molecule has 0 unspecified atom stereocenters. The summed E-state index contributed by atoms with van der Waals surface area (Å²) < 4.78 is 22.2. The Morgan fingerprint density at radius 3 is 2.23 bits per heavy atom. The summed E-state index contributed by atoms with van der Waals surface area (Å²) >= 11 is 0. The van der Waals surface area contributed by atoms with E-state index in [1.165, 1.54) is 7.11 Å². The molecule has 0 atom stereocenters. The van der Waals surface area contributed by atoms with Crippen molar-refractivity contribution >= 4 is 16.9 Å². The molecule has 0 bridgehead atoms. The van der Waals surface area contributed by atoms with Gasteiger partial charge in [-0.05, 0) is 23.6 Å². The molecular formula is C26H24O5. The van der Waals surface area contributed by atoms with Gasteiger partial charge < -0.3 is 18.6 Å². The Labute approximate surface area is 181 Å². The third-order valence-electron chi connectivity index (χ3n) is 5.08. The van der Waals surface area contributed by atoms with E-state index >= 15 is 0 Å². The number of rotatable bonds is 9. The second-order valence-corrected chi connectivity index (χ2v) is 7.08. The quantitative estimate of drug-likeness (QED) is 0.345. The topological polar surface area (TPSA) is 57.9 Å². The molecule has 1 heterocycles. The zero-order chi connectivity index (χ0) is 21.5. The van der Waals surface area contributed by atoms with E-state index in [0.29, 0.717) is 24.4 Å². The number of para-hydroxylation sites is 1. The predicted octanol–water partition coefficient (Wildman–Crippen LogP) is 5.33. The van der Waals surface area contributed by atoms with E-state index in [1.807, 2.05) is 48.5 Å². The van der Waals surface area contributed by atoms with Crippen LogP contribution in [0, 0.1) is 0 Å². The maximum absolute atomic E-state index is 11.4. The highest BCUT2D eigenvalue weighted by atomic mass is 16.6. The van der Waals surface area contributed by atoms with Crippen molar-refractivity contribution in [1.29, 1.82) is 0 Å². The number of methoxy groups -OCH3 is 1. The second-order valence-electron chi connectivity index (χ2n) is 7.08. The summed E-state index contributed by atoms with van der Waals surface area (Å²) in [5.41, 5.74) is 3.87. The van der Waals surface area contributed by atoms with Crippen LogP contribution in [0.3, 0.4) is 0 Å². The molecule has 0 radical (unpaired) electrons. The van der Waals surface area contributed by atoms with Crippen molar-refractivity contribution in [3.8, 4) is 5.75 Å². The Bertz CT molecular complexity index is 1080. The van der Waals surface area contributed by atoms with E-state index in [4.69, 9.17) is 13.9 Å². The molecule has 0 saturated carbocycles. The summed E-state index contributed by atoms with van der Waals surface area (Å²) in [7, 11) is 1.33. The van der Waals surface area contributed by atoms with Crippen LogP contribution in [0.5, 0.6) is 5.75 Å². The highest BCUT2D eigenvalue weighted by molar-refractivity contribution is 5.86. The first-order chi connectivity index (χ1) is 15.3. The molecule has 5 heteroatoms. The number of carbonyl (C=O) groups excluding carboxylic acids is 1. The fourth-order valence-corrected chi connectivity index (χ4v) is 3.51. The Balaban J connectivity index is 1.47. The predicted molar refractivity (Wildman–Crippen MR) is 118 cm³/mol. The van der Waals surface area contributed by atoms with Gasteiger partial charge in [-0.15, -0.1) is 0 Å². The lowest BCUT2D eigenvalue weighted by Gasteiger charge is -2.19. The number of hydrogen-bond donors (Lipinski definition) is 0. The molecule has 158 valence electrons. The van der Waals surface area contributed by atoms with E-state index in [0.717, 1.165) is 22.1 Å². The van der Waals surface area contributed by atoms with Crippen LogP contribution in [-0.2, 0) is 20.7 Å². The van der Waals surface area contributed by atoms with E-state index < -0.39 is 5.97 Å². The summed E-state index contributed by atoms with van der Waals surface area (Å²) in [5, 5.41) is 0.946. The molecule has 0 aliphatic heterocycles. The zero-order valence-electron chi connectivity index (χ0n) is 17.3. The van der Waals surface area contributed by atoms with Gasteiger partial charge in [-0.2, -0.15) is 0 Å². The van der Waals surface area contributed by atoms with Crippen LogP contribution in [0.2, 0.25) is 0 Å². The third kappa shape index (κ3) is 4.95. The van der Waals surface area contributed by atoms with Crippen molar-refractivity contribution in [1.82, 2.24) is 0 Å². The molecule has 3 aromatic carbocycles. The van der Waals surface area contributed by atoms with E-state index in [2.05, 4.69) is 29.0 Å². The number of hydrogen-bond acceptors (Lipinski definition) is 5. The molecular weight excluding hydrogens is 392 g/mol. The van der Waals surface area contributed by atoms with E-state index in [9.17, 15) is 4.79 Å². The number of fused-ring (bicyclic) bond motifs is 1. The smallest absolute Gasteiger partial charge is 0.343 e. The molecule has 0 saturated heterocycles. The Morgan fingerprint density at radius 2 is 1.58 bits per heavy atom. The SMILES string of the molecule is COC(=O)COc1cccc2c(CCOC(c3ccccc3)c3ccccc3)coc12. The Kier molecular flexibility index (Phi) is 6.65. The van der Waals surface area contributed by atoms with Crippen LogP contribution in [0.25, 0.3) is 11.0 Å². The lowest BCUT2D eigenvalue weighted by Crippen LogP contribution is -2.12. The van der Waals surface area contributed by atoms with Crippen molar-refractivity contribution < 1.29 is 23.4 Å². The minimum atomic E-state index is -0.440. The maximum Gasteiger partial charge on any atom is 0.343 e. The van der Waals surface area contributed by atoms with Gasteiger partial charge >= 0.3 is 5.97 Å². The first-order valence-electron chi connectivity index (χ1n) is 10.2. The number of carbonyl (C=O) groups is 1. The van der Waals surface area contributed by atoms with Gasteiger partial charge in [0.2, 0.25) is 0 Å². The molecule has 31 heavy (non-hydrogen) atoms. The van der Waals surface area contributed by atoms with Crippen LogP contribution < -0.4 is 4.74 Å². The van der Waals surface area contributed by atoms with Gasteiger partial charge in [0.25, 0.3) is 0 Å². The third-order valence-corrected chi connectivity index (χ3v) is 5.08. The van der Waals surface area contributed by atoms with Crippen LogP contribution in [0.1, 0.15) is 22.8 Å². The van der Waals surface area contributed by atoms with E-state index in [1.54, 1.807) is 12.3 Å². The molecule has 0 N–H and O–H groups in total. The van der Waals surface area contributed by atoms with Crippen molar-refractivity contribution in [3.63, 3.8) is 0 Å². The number of benzene rings is 3. The van der Waals surface area contributed by atoms with Gasteiger partial charge in [-0.25, -0.2) is 4.79 Å². The van der Waals surface area contributed by atoms with Crippen LogP contribution in [0.4, 0.5) is 0 Å². The molecule has 1 aromatic heterocycles. The van der Waals surface area contributed by atoms with Crippen LogP contribution in [-0.4, -0.2) is 26.3 Å². The molecule has 0 fully saturated rings. The summed E-state index contributed by atoms with van der Waals surface area (Å²) in [4.78, 5) is 11.4. The monoisotopic (exact) mass is 416 g/mol. The summed E-state index contributed by atoms with van der Waals surface area (Å²) in [6.07, 6.45) is 2.27. The fourth-order valence-electron chi connectivity index (χ4n) is 3.51. The fraction of sp³-hybridized carbons (Fsp3) is 0.192. The minimum Gasteiger partial charge on any atom is -0.478 e. The van der Waals surface area contributed by atoms with Crippen molar-refractivity contribution in [2.24, 2.45) is 0 Å². The largest absolute Gasteiger partial charge is 0.478 e. The highest BCUT2D eigenvalue weighted by Gasteiger charge is 2.16. The Morgan fingerprint density at radius 1 is 0.903 bits per heavy atom. The van der Waals surface area contributed by atoms with E-state index in [-0.39, 0.29) is 12.7 Å². The highest BCUT2D eigenvalue weighted by Crippen LogP contribution is 2.31. The van der Waals surface area contributed by atoms with Crippen molar-refractivity contribution in [3.05, 3.63) is 102 Å². The average molecular weight is 416 g/mol. The van der Waals surface area contributed by atoms with Gasteiger partial charge in [0.1, 0.15) is 6.10 Å². The zero-order valence-corrected chi connectivity index (χ0v) is 17.3. The summed E-state index contributed by atoms with van der Waals surface area (Å²) in [5.74, 6) is 0.0755. The molecule has 4 aromatic rings. The molecule has 0 amide bonds. The normalized spacial score (nSPS) is 11.0. The molecule has 5 nitrogen and oxygen atoms in total. The van der Waals surface area contributed by atoms with Gasteiger partial charge in [0, 0.05) is 10.9 Å². The lowest BCUT2D eigenvalue weighted by molar-refractivity contribution is -0.142. The molecule has 0 aliphatic carbocycles. The van der Waals surface area contributed by atoms with Gasteiger partial charge in [-0.1, -0.05) is 72.8 Å². The number of furan rings is 1. The lowest BCUT2D eigenvalue weighted by atomic mass is 10.0. The molecule has 0 spiro atoms.